The van der Waals surface area contributed by atoms with Gasteiger partial charge in [-0.25, -0.2) is 19.1 Å². The number of aromatic nitrogens is 3. The number of nitrogens with zero attached hydrogens (tertiary/aromatic N) is 4. The number of benzene rings is 2. The summed E-state index contributed by atoms with van der Waals surface area (Å²) in [5, 5.41) is 8.48. The standard InChI is InChI=1S/C26H30N4O5S/c1-25(2,3)34-23(32)29(19-15-11-8-12-16-19)20(31)17-36-22-28-27-21(18-13-9-7-10-14-18)30(22)24(33)35-26(4,5)6/h7-16H,17H2,1-6H3. The summed E-state index contributed by atoms with van der Waals surface area (Å²) in [6, 6.07) is 17.6. The van der Waals surface area contributed by atoms with E-state index in [4.69, 9.17) is 9.47 Å². The van der Waals surface area contributed by atoms with Crippen molar-refractivity contribution >= 4 is 35.5 Å². The third-order valence-corrected chi connectivity index (χ3v) is 5.32. The second-order valence-electron chi connectivity index (χ2n) is 9.82. The first-order valence-corrected chi connectivity index (χ1v) is 12.3. The van der Waals surface area contributed by atoms with E-state index in [0.717, 1.165) is 16.7 Å². The lowest BCUT2D eigenvalue weighted by Gasteiger charge is -2.26. The van der Waals surface area contributed by atoms with Crippen LogP contribution >= 0.6 is 11.8 Å². The van der Waals surface area contributed by atoms with Crippen LogP contribution in [0.15, 0.2) is 65.8 Å². The van der Waals surface area contributed by atoms with Gasteiger partial charge in [-0.2, -0.15) is 0 Å². The van der Waals surface area contributed by atoms with Crippen molar-refractivity contribution in [1.29, 1.82) is 0 Å². The van der Waals surface area contributed by atoms with Crippen LogP contribution in [0.2, 0.25) is 0 Å². The minimum absolute atomic E-state index is 0.161. The molecule has 0 fully saturated rings. The zero-order valence-corrected chi connectivity index (χ0v) is 22.0. The van der Waals surface area contributed by atoms with E-state index in [0.29, 0.717) is 11.3 Å². The van der Waals surface area contributed by atoms with Crippen LogP contribution in [0.4, 0.5) is 15.3 Å². The monoisotopic (exact) mass is 510 g/mol. The van der Waals surface area contributed by atoms with Gasteiger partial charge in [0.2, 0.25) is 11.1 Å². The third kappa shape index (κ3) is 7.17. The number of hydrogen-bond acceptors (Lipinski definition) is 8. The number of carbonyl (C=O) groups is 3. The van der Waals surface area contributed by atoms with Crippen molar-refractivity contribution < 1.29 is 23.9 Å². The van der Waals surface area contributed by atoms with Crippen LogP contribution in [0.5, 0.6) is 0 Å². The minimum atomic E-state index is -0.794. The van der Waals surface area contributed by atoms with E-state index in [-0.39, 0.29) is 16.7 Å². The molecule has 0 radical (unpaired) electrons. The van der Waals surface area contributed by atoms with Crippen molar-refractivity contribution in [3.05, 3.63) is 60.7 Å². The zero-order chi connectivity index (χ0) is 26.5. The maximum absolute atomic E-state index is 13.3. The summed E-state index contributed by atoms with van der Waals surface area (Å²) in [6.45, 7) is 10.4. The van der Waals surface area contributed by atoms with E-state index in [1.165, 1.54) is 4.57 Å². The highest BCUT2D eigenvalue weighted by atomic mass is 32.2. The quantitative estimate of drug-likeness (QED) is 0.397. The molecule has 0 saturated heterocycles. The molecule has 1 heterocycles. The molecule has 190 valence electrons. The number of thioether (sulfide) groups is 1. The van der Waals surface area contributed by atoms with Gasteiger partial charge in [-0.05, 0) is 53.7 Å². The summed E-state index contributed by atoms with van der Waals surface area (Å²) in [7, 11) is 0. The van der Waals surface area contributed by atoms with Crippen LogP contribution in [-0.2, 0) is 14.3 Å². The second kappa shape index (κ2) is 10.9. The molecule has 9 nitrogen and oxygen atoms in total. The number of amides is 2. The molecule has 2 aromatic carbocycles. The molecule has 3 rings (SSSR count). The van der Waals surface area contributed by atoms with Crippen LogP contribution in [-0.4, -0.2) is 49.8 Å². The first-order valence-electron chi connectivity index (χ1n) is 11.3. The number of carbonyl (C=O) groups excluding carboxylic acids is 3. The second-order valence-corrected chi connectivity index (χ2v) is 10.8. The van der Waals surface area contributed by atoms with Crippen LogP contribution < -0.4 is 4.90 Å². The summed E-state index contributed by atoms with van der Waals surface area (Å²) >= 11 is 0.973. The number of para-hydroxylation sites is 1. The molecule has 0 unspecified atom stereocenters. The fourth-order valence-corrected chi connectivity index (χ4v) is 3.81. The van der Waals surface area contributed by atoms with Crippen molar-refractivity contribution in [3.8, 4) is 11.4 Å². The molecule has 0 atom stereocenters. The largest absolute Gasteiger partial charge is 0.443 e. The van der Waals surface area contributed by atoms with Crippen molar-refractivity contribution in [2.45, 2.75) is 57.9 Å². The molecule has 10 heteroatoms. The first-order chi connectivity index (χ1) is 16.9. The van der Waals surface area contributed by atoms with Crippen LogP contribution in [0.25, 0.3) is 11.4 Å². The summed E-state index contributed by atoms with van der Waals surface area (Å²) in [4.78, 5) is 40.2. The molecule has 2 amide bonds. The van der Waals surface area contributed by atoms with Gasteiger partial charge in [0, 0.05) is 5.56 Å². The van der Waals surface area contributed by atoms with Gasteiger partial charge in [0.05, 0.1) is 11.4 Å². The van der Waals surface area contributed by atoms with Gasteiger partial charge < -0.3 is 9.47 Å². The van der Waals surface area contributed by atoms with Crippen molar-refractivity contribution in [2.24, 2.45) is 0 Å². The minimum Gasteiger partial charge on any atom is -0.443 e. The SMILES string of the molecule is CC(C)(C)OC(=O)N(C(=O)CSc1nnc(-c2ccccc2)n1C(=O)OC(C)(C)C)c1ccccc1. The Labute approximate surface area is 214 Å². The number of ether oxygens (including phenoxy) is 2. The molecule has 0 N–H and O–H groups in total. The molecular formula is C26H30N4O5S. The van der Waals surface area contributed by atoms with Crippen molar-refractivity contribution in [1.82, 2.24) is 14.8 Å². The third-order valence-electron chi connectivity index (χ3n) is 4.41. The molecule has 0 aliphatic heterocycles. The summed E-state index contributed by atoms with van der Waals surface area (Å²) in [5.41, 5.74) is -0.517. The summed E-state index contributed by atoms with van der Waals surface area (Å²) in [6.07, 6.45) is -1.47. The predicted molar refractivity (Wildman–Crippen MR) is 138 cm³/mol. The number of anilines is 1. The van der Waals surface area contributed by atoms with E-state index >= 15 is 0 Å². The van der Waals surface area contributed by atoms with Gasteiger partial charge in [0.15, 0.2) is 5.82 Å². The highest BCUT2D eigenvalue weighted by molar-refractivity contribution is 7.99. The number of hydrogen-bond donors (Lipinski definition) is 0. The fraction of sp³-hybridized carbons (Fsp3) is 0.346. The van der Waals surface area contributed by atoms with E-state index in [2.05, 4.69) is 10.2 Å². The smallest absolute Gasteiger partial charge is 0.422 e. The summed E-state index contributed by atoms with van der Waals surface area (Å²) < 4.78 is 12.3. The molecule has 0 spiro atoms. The van der Waals surface area contributed by atoms with Gasteiger partial charge in [-0.1, -0.05) is 60.3 Å². The lowest BCUT2D eigenvalue weighted by atomic mass is 10.2. The van der Waals surface area contributed by atoms with Crippen molar-refractivity contribution in [3.63, 3.8) is 0 Å². The van der Waals surface area contributed by atoms with Gasteiger partial charge >= 0.3 is 12.2 Å². The molecule has 36 heavy (non-hydrogen) atoms. The Bertz CT molecular complexity index is 1210. The molecule has 0 bridgehead atoms. The van der Waals surface area contributed by atoms with E-state index < -0.39 is 29.3 Å². The Morgan fingerprint density at radius 3 is 1.94 bits per heavy atom. The lowest BCUT2D eigenvalue weighted by molar-refractivity contribution is -0.116. The fourth-order valence-electron chi connectivity index (χ4n) is 3.04. The molecular weight excluding hydrogens is 480 g/mol. The Morgan fingerprint density at radius 1 is 0.833 bits per heavy atom. The topological polar surface area (TPSA) is 104 Å². The van der Waals surface area contributed by atoms with Gasteiger partial charge in [0.25, 0.3) is 0 Å². The van der Waals surface area contributed by atoms with Gasteiger partial charge in [0.1, 0.15) is 11.2 Å². The molecule has 1 aromatic heterocycles. The molecule has 0 aliphatic rings. The maximum atomic E-state index is 13.3. The van der Waals surface area contributed by atoms with Crippen LogP contribution in [0, 0.1) is 0 Å². The summed E-state index contributed by atoms with van der Waals surface area (Å²) in [5.74, 6) is -0.462. The Balaban J connectivity index is 1.90. The highest BCUT2D eigenvalue weighted by Crippen LogP contribution is 2.27. The van der Waals surface area contributed by atoms with Crippen LogP contribution in [0.3, 0.4) is 0 Å². The van der Waals surface area contributed by atoms with E-state index in [1.807, 2.05) is 18.2 Å². The molecule has 0 aliphatic carbocycles. The van der Waals surface area contributed by atoms with Gasteiger partial charge in [-0.15, -0.1) is 10.2 Å². The van der Waals surface area contributed by atoms with Crippen LogP contribution in [0.1, 0.15) is 41.5 Å². The number of rotatable bonds is 5. The molecule has 0 saturated carbocycles. The lowest BCUT2D eigenvalue weighted by Crippen LogP contribution is -2.42. The number of imide groups is 1. The van der Waals surface area contributed by atoms with E-state index in [1.54, 1.807) is 84.0 Å². The zero-order valence-electron chi connectivity index (χ0n) is 21.2. The Kier molecular flexibility index (Phi) is 8.19. The average molecular weight is 511 g/mol. The maximum Gasteiger partial charge on any atom is 0.422 e. The van der Waals surface area contributed by atoms with Crippen molar-refractivity contribution in [2.75, 3.05) is 10.7 Å². The normalized spacial score (nSPS) is 11.6. The first kappa shape index (κ1) is 26.9. The Morgan fingerprint density at radius 2 is 1.39 bits per heavy atom. The molecule has 3 aromatic rings. The van der Waals surface area contributed by atoms with Gasteiger partial charge in [-0.3, -0.25) is 4.79 Å². The highest BCUT2D eigenvalue weighted by Gasteiger charge is 2.30. The average Bonchev–Trinajstić information content (AvgIpc) is 3.21. The van der Waals surface area contributed by atoms with E-state index in [9.17, 15) is 14.4 Å². The Hall–Kier alpha value is -3.66. The predicted octanol–water partition coefficient (Wildman–Crippen LogP) is 5.79.